The summed E-state index contributed by atoms with van der Waals surface area (Å²) in [5.41, 5.74) is 2.85. The van der Waals surface area contributed by atoms with Crippen LogP contribution >= 0.6 is 23.6 Å². The Labute approximate surface area is 115 Å². The van der Waals surface area contributed by atoms with Crippen molar-refractivity contribution in [2.24, 2.45) is 0 Å². The zero-order chi connectivity index (χ0) is 12.4. The molecule has 0 spiro atoms. The van der Waals surface area contributed by atoms with Crippen molar-refractivity contribution in [1.82, 2.24) is 10.3 Å². The number of thiazole rings is 1. The number of benzene rings is 1. The summed E-state index contributed by atoms with van der Waals surface area (Å²) in [6.07, 6.45) is 3.84. The minimum absolute atomic E-state index is 0.391. The summed E-state index contributed by atoms with van der Waals surface area (Å²) in [6, 6.07) is 8.95. The molecule has 5 heteroatoms. The Bertz CT molecular complexity index is 526. The largest absolute Gasteiger partial charge is 0.359 e. The van der Waals surface area contributed by atoms with E-state index in [0.29, 0.717) is 11.2 Å². The predicted octanol–water partition coefficient (Wildman–Crippen LogP) is 2.60. The molecule has 0 atom stereocenters. The second-order valence-corrected chi connectivity index (χ2v) is 5.61. The van der Waals surface area contributed by atoms with Crippen LogP contribution in [0.5, 0.6) is 0 Å². The molecule has 0 saturated heterocycles. The molecule has 3 nitrogen and oxygen atoms in total. The number of hydrogen-bond acceptors (Lipinski definition) is 3. The number of fused-ring (bicyclic) bond motifs is 1. The van der Waals surface area contributed by atoms with Crippen LogP contribution in [0.25, 0.3) is 0 Å². The van der Waals surface area contributed by atoms with Gasteiger partial charge in [-0.1, -0.05) is 24.3 Å². The SMILES string of the molecule is S=C(Nc1nccs1)NC1Cc2ccccc2C1. The van der Waals surface area contributed by atoms with Gasteiger partial charge in [-0.15, -0.1) is 11.3 Å². The van der Waals surface area contributed by atoms with E-state index in [0.717, 1.165) is 18.0 Å². The second kappa shape index (κ2) is 5.04. The predicted molar refractivity (Wildman–Crippen MR) is 79.1 cm³/mol. The Kier molecular flexibility index (Phi) is 3.25. The number of rotatable bonds is 2. The fourth-order valence-electron chi connectivity index (χ4n) is 2.26. The molecule has 0 amide bonds. The molecule has 0 bridgehead atoms. The lowest BCUT2D eigenvalue weighted by atomic mass is 10.1. The van der Waals surface area contributed by atoms with Crippen molar-refractivity contribution in [2.75, 3.05) is 5.32 Å². The molecule has 2 N–H and O–H groups in total. The van der Waals surface area contributed by atoms with Crippen LogP contribution < -0.4 is 10.6 Å². The Hall–Kier alpha value is -1.46. The Morgan fingerprint density at radius 3 is 2.61 bits per heavy atom. The van der Waals surface area contributed by atoms with Crippen LogP contribution in [-0.4, -0.2) is 16.1 Å². The fraction of sp³-hybridized carbons (Fsp3) is 0.231. The normalized spacial score (nSPS) is 14.2. The molecule has 0 aliphatic heterocycles. The van der Waals surface area contributed by atoms with Crippen LogP contribution in [-0.2, 0) is 12.8 Å². The Morgan fingerprint density at radius 2 is 2.00 bits per heavy atom. The van der Waals surface area contributed by atoms with Crippen LogP contribution in [0.15, 0.2) is 35.8 Å². The third-order valence-corrected chi connectivity index (χ3v) is 3.95. The smallest absolute Gasteiger partial charge is 0.188 e. The summed E-state index contributed by atoms with van der Waals surface area (Å²) < 4.78 is 0. The maximum atomic E-state index is 5.29. The van der Waals surface area contributed by atoms with Crippen LogP contribution in [0, 0.1) is 0 Å². The number of nitrogens with one attached hydrogen (secondary N) is 2. The van der Waals surface area contributed by atoms with Gasteiger partial charge in [0, 0.05) is 17.6 Å². The zero-order valence-corrected chi connectivity index (χ0v) is 11.4. The highest BCUT2D eigenvalue weighted by Crippen LogP contribution is 2.21. The first-order valence-electron chi connectivity index (χ1n) is 5.85. The molecule has 3 rings (SSSR count). The standard InChI is InChI=1S/C13H13N3S2/c17-12(16-13-14-5-6-18-13)15-11-7-9-3-1-2-4-10(9)8-11/h1-6,11H,7-8H2,(H2,14,15,16,17). The topological polar surface area (TPSA) is 37.0 Å². The van der Waals surface area contributed by atoms with Crippen LogP contribution in [0.4, 0.5) is 5.13 Å². The van der Waals surface area contributed by atoms with Crippen LogP contribution in [0.2, 0.25) is 0 Å². The number of anilines is 1. The first kappa shape index (κ1) is 11.6. The van der Waals surface area contributed by atoms with E-state index in [-0.39, 0.29) is 0 Å². The summed E-state index contributed by atoms with van der Waals surface area (Å²) in [5, 5.41) is 9.87. The number of aromatic nitrogens is 1. The number of nitrogens with zero attached hydrogens (tertiary/aromatic N) is 1. The molecule has 1 aliphatic carbocycles. The van der Waals surface area contributed by atoms with Crippen LogP contribution in [0.3, 0.4) is 0 Å². The van der Waals surface area contributed by atoms with Crippen molar-refractivity contribution in [3.63, 3.8) is 0 Å². The first-order valence-corrected chi connectivity index (χ1v) is 7.14. The summed E-state index contributed by atoms with van der Waals surface area (Å²) >= 11 is 6.84. The van der Waals surface area contributed by atoms with E-state index >= 15 is 0 Å². The minimum atomic E-state index is 0.391. The third-order valence-electron chi connectivity index (χ3n) is 3.04. The highest BCUT2D eigenvalue weighted by molar-refractivity contribution is 7.80. The van der Waals surface area contributed by atoms with Gasteiger partial charge >= 0.3 is 0 Å². The molecule has 0 saturated carbocycles. The molecule has 0 fully saturated rings. The van der Waals surface area contributed by atoms with Gasteiger partial charge in [0.15, 0.2) is 10.2 Å². The molecule has 1 aromatic carbocycles. The van der Waals surface area contributed by atoms with Gasteiger partial charge in [0.25, 0.3) is 0 Å². The molecule has 1 aromatic heterocycles. The molecule has 2 aromatic rings. The molecule has 92 valence electrons. The van der Waals surface area contributed by atoms with Gasteiger partial charge in [0.2, 0.25) is 0 Å². The zero-order valence-electron chi connectivity index (χ0n) is 9.72. The summed E-state index contributed by atoms with van der Waals surface area (Å²) in [7, 11) is 0. The van der Waals surface area contributed by atoms with E-state index in [1.807, 2.05) is 5.38 Å². The average molecular weight is 275 g/mol. The number of hydrogen-bond donors (Lipinski definition) is 2. The lowest BCUT2D eigenvalue weighted by Crippen LogP contribution is -2.38. The van der Waals surface area contributed by atoms with Crippen molar-refractivity contribution in [3.8, 4) is 0 Å². The molecule has 0 unspecified atom stereocenters. The van der Waals surface area contributed by atoms with Crippen molar-refractivity contribution >= 4 is 33.8 Å². The highest BCUT2D eigenvalue weighted by atomic mass is 32.1. The molecular weight excluding hydrogens is 262 g/mol. The van der Waals surface area contributed by atoms with E-state index < -0.39 is 0 Å². The van der Waals surface area contributed by atoms with E-state index in [1.54, 1.807) is 17.5 Å². The second-order valence-electron chi connectivity index (χ2n) is 4.31. The molecular formula is C13H13N3S2. The molecule has 1 aliphatic rings. The van der Waals surface area contributed by atoms with E-state index in [1.165, 1.54) is 11.1 Å². The summed E-state index contributed by atoms with van der Waals surface area (Å²) in [4.78, 5) is 4.15. The summed E-state index contributed by atoms with van der Waals surface area (Å²) in [5.74, 6) is 0. The van der Waals surface area contributed by atoms with Gasteiger partial charge in [0.05, 0.1) is 0 Å². The highest BCUT2D eigenvalue weighted by Gasteiger charge is 2.21. The maximum Gasteiger partial charge on any atom is 0.188 e. The van der Waals surface area contributed by atoms with Gasteiger partial charge in [-0.3, -0.25) is 0 Å². The monoisotopic (exact) mass is 275 g/mol. The average Bonchev–Trinajstić information content (AvgIpc) is 2.96. The molecule has 1 heterocycles. The van der Waals surface area contributed by atoms with Gasteiger partial charge in [-0.05, 0) is 36.2 Å². The number of thiocarbonyl (C=S) groups is 1. The lowest BCUT2D eigenvalue weighted by molar-refractivity contribution is 0.648. The van der Waals surface area contributed by atoms with E-state index in [9.17, 15) is 0 Å². The van der Waals surface area contributed by atoms with Crippen molar-refractivity contribution in [1.29, 1.82) is 0 Å². The maximum absolute atomic E-state index is 5.29. The van der Waals surface area contributed by atoms with Gasteiger partial charge < -0.3 is 10.6 Å². The van der Waals surface area contributed by atoms with Gasteiger partial charge in [-0.25, -0.2) is 4.98 Å². The first-order chi connectivity index (χ1) is 8.81. The van der Waals surface area contributed by atoms with Gasteiger partial charge in [0.1, 0.15) is 0 Å². The van der Waals surface area contributed by atoms with Crippen LogP contribution in [0.1, 0.15) is 11.1 Å². The van der Waals surface area contributed by atoms with Crippen molar-refractivity contribution < 1.29 is 0 Å². The molecule has 18 heavy (non-hydrogen) atoms. The lowest BCUT2D eigenvalue weighted by Gasteiger charge is -2.14. The minimum Gasteiger partial charge on any atom is -0.359 e. The van der Waals surface area contributed by atoms with Crippen molar-refractivity contribution in [3.05, 3.63) is 47.0 Å². The van der Waals surface area contributed by atoms with Crippen molar-refractivity contribution in [2.45, 2.75) is 18.9 Å². The van der Waals surface area contributed by atoms with E-state index in [2.05, 4.69) is 39.9 Å². The van der Waals surface area contributed by atoms with Gasteiger partial charge in [-0.2, -0.15) is 0 Å². The Balaban J connectivity index is 1.58. The van der Waals surface area contributed by atoms with E-state index in [4.69, 9.17) is 12.2 Å². The fourth-order valence-corrected chi connectivity index (χ4v) is 3.13. The molecule has 0 radical (unpaired) electrons. The quantitative estimate of drug-likeness (QED) is 0.826. The summed E-state index contributed by atoms with van der Waals surface area (Å²) in [6.45, 7) is 0. The Morgan fingerprint density at radius 1 is 1.28 bits per heavy atom. The third kappa shape index (κ3) is 2.52.